The maximum Gasteiger partial charge on any atom is 0.324 e. The number of nitrogens with zero attached hydrogens (tertiary/aromatic N) is 9. The number of carbonyl (C=O) groups excluding carboxylic acids is 6. The van der Waals surface area contributed by atoms with Crippen LogP contribution in [0.25, 0.3) is 0 Å². The summed E-state index contributed by atoms with van der Waals surface area (Å²) < 4.78 is 20.5. The van der Waals surface area contributed by atoms with Crippen molar-refractivity contribution in [1.82, 2.24) is 35.4 Å². The molecule has 0 saturated carbocycles. The van der Waals surface area contributed by atoms with E-state index in [4.69, 9.17) is 10.5 Å². The van der Waals surface area contributed by atoms with E-state index in [2.05, 4.69) is 35.7 Å². The number of methoxy groups -OCH3 is 1. The molecule has 2 aromatic carbocycles. The Balaban J connectivity index is 0.849. The average Bonchev–Trinajstić information content (AvgIpc) is 3.84. The quantitative estimate of drug-likeness (QED) is 0.166. The van der Waals surface area contributed by atoms with Crippen LogP contribution in [0, 0.1) is 17.7 Å². The van der Waals surface area contributed by atoms with Crippen molar-refractivity contribution in [2.24, 2.45) is 17.6 Å². The molecule has 0 spiro atoms. The molecule has 0 aliphatic carbocycles. The third kappa shape index (κ3) is 8.86. The van der Waals surface area contributed by atoms with Crippen molar-refractivity contribution < 1.29 is 37.9 Å². The molecule has 2 unspecified atom stereocenters. The highest BCUT2D eigenvalue weighted by Gasteiger charge is 2.48. The number of benzene rings is 2. The summed E-state index contributed by atoms with van der Waals surface area (Å²) in [6.07, 6.45) is 3.94. The molecule has 3 aromatic rings. The number of piperidine rings is 2. The Morgan fingerprint density at radius 2 is 1.62 bits per heavy atom. The van der Waals surface area contributed by atoms with E-state index in [0.29, 0.717) is 36.3 Å². The Bertz CT molecular complexity index is 2300. The number of carbonyl (C=O) groups is 6. The SMILES string of the molecule is COC(=O)[C@@H](NN1C(=O)CCC(N2C(=O)c3ccc(N4CCC(CN5CCN(c6ccc(Nc7nc(N8CCCCC8)nnc7C(N)=O)cc6F)CC5)C4)cc3C2=O)C1=O)C(C)C. The molecule has 5 aliphatic rings. The number of hydrogen-bond donors (Lipinski definition) is 3. The van der Waals surface area contributed by atoms with Crippen molar-refractivity contribution in [3.8, 4) is 0 Å². The topological polar surface area (TPSA) is 220 Å². The van der Waals surface area contributed by atoms with Crippen LogP contribution < -0.4 is 31.2 Å². The van der Waals surface area contributed by atoms with Crippen molar-refractivity contribution in [3.05, 3.63) is 59.0 Å². The summed E-state index contributed by atoms with van der Waals surface area (Å²) in [5, 5.41) is 11.9. The zero-order chi connectivity index (χ0) is 44.5. The van der Waals surface area contributed by atoms with E-state index in [0.717, 1.165) is 87.1 Å². The van der Waals surface area contributed by atoms with Crippen LogP contribution in [0.2, 0.25) is 0 Å². The Morgan fingerprint density at radius 1 is 0.873 bits per heavy atom. The minimum absolute atomic E-state index is 0.0251. The molecule has 0 bridgehead atoms. The van der Waals surface area contributed by atoms with Crippen molar-refractivity contribution in [2.45, 2.75) is 64.5 Å². The number of aromatic nitrogens is 3. The molecule has 20 heteroatoms. The van der Waals surface area contributed by atoms with Gasteiger partial charge in [-0.2, -0.15) is 4.98 Å². The standard InChI is InChI=1S/C43H53FN12O7/c1-25(2)35(42(62)63-3)50-56-34(57)12-11-33(41(56)61)55-39(59)29-9-8-28(22-30(29)40(55)60)54-16-13-26(24-54)23-51-17-19-52(20-18-51)32-10-7-27(21-31(32)44)46-38-36(37(45)58)48-49-43(47-38)53-14-5-4-6-15-53/h7-10,21-22,25-26,33,35,50H,4-6,11-20,23-24H2,1-3H3,(H2,45,58)(H,46,47,49)/t26?,33?,35-/m0/s1. The molecule has 1 aromatic heterocycles. The molecule has 3 atom stereocenters. The van der Waals surface area contributed by atoms with Crippen LogP contribution in [-0.2, 0) is 19.1 Å². The van der Waals surface area contributed by atoms with E-state index in [-0.39, 0.29) is 41.4 Å². The van der Waals surface area contributed by atoms with Crippen molar-refractivity contribution in [1.29, 1.82) is 0 Å². The lowest BCUT2D eigenvalue weighted by Crippen LogP contribution is -2.63. The fourth-order valence-electron chi connectivity index (χ4n) is 9.14. The van der Waals surface area contributed by atoms with Gasteiger partial charge in [0, 0.05) is 76.7 Å². The molecule has 4 fully saturated rings. The molecular formula is C43H53FN12O7. The average molecular weight is 869 g/mol. The highest BCUT2D eigenvalue weighted by Crippen LogP contribution is 2.34. The number of primary amides is 1. The molecule has 334 valence electrons. The molecule has 8 rings (SSSR count). The summed E-state index contributed by atoms with van der Waals surface area (Å²) in [5.41, 5.74) is 10.2. The zero-order valence-electron chi connectivity index (χ0n) is 35.7. The second-order valence-corrected chi connectivity index (χ2v) is 17.1. The number of hydrogen-bond acceptors (Lipinski definition) is 16. The third-order valence-corrected chi connectivity index (χ3v) is 12.6. The van der Waals surface area contributed by atoms with Gasteiger partial charge in [-0.15, -0.1) is 10.2 Å². The van der Waals surface area contributed by atoms with Gasteiger partial charge in [0.15, 0.2) is 11.5 Å². The number of hydrazine groups is 1. The zero-order valence-corrected chi connectivity index (χ0v) is 35.7. The fraction of sp³-hybridized carbons (Fsp3) is 0.512. The molecule has 5 aliphatic heterocycles. The predicted octanol–water partition coefficient (Wildman–Crippen LogP) is 2.31. The maximum absolute atomic E-state index is 15.7. The number of piperazine rings is 1. The number of imide groups is 2. The monoisotopic (exact) mass is 868 g/mol. The molecule has 19 nitrogen and oxygen atoms in total. The summed E-state index contributed by atoms with van der Waals surface area (Å²) in [4.78, 5) is 92.5. The Hall–Kier alpha value is -6.28. The predicted molar refractivity (Wildman–Crippen MR) is 229 cm³/mol. The van der Waals surface area contributed by atoms with Gasteiger partial charge < -0.3 is 30.5 Å². The minimum atomic E-state index is -1.22. The molecule has 0 radical (unpaired) electrons. The Kier molecular flexibility index (Phi) is 12.5. The van der Waals surface area contributed by atoms with E-state index in [1.807, 2.05) is 15.9 Å². The lowest BCUT2D eigenvalue weighted by molar-refractivity contribution is -0.160. The first-order valence-corrected chi connectivity index (χ1v) is 21.6. The molecule has 63 heavy (non-hydrogen) atoms. The summed E-state index contributed by atoms with van der Waals surface area (Å²) in [7, 11) is 1.21. The summed E-state index contributed by atoms with van der Waals surface area (Å²) in [6, 6.07) is 7.78. The van der Waals surface area contributed by atoms with Gasteiger partial charge in [-0.1, -0.05) is 13.8 Å². The summed E-state index contributed by atoms with van der Waals surface area (Å²) >= 11 is 0. The number of halogens is 1. The number of amides is 5. The Labute approximate surface area is 364 Å². The number of anilines is 5. The van der Waals surface area contributed by atoms with Gasteiger partial charge in [0.1, 0.15) is 17.9 Å². The van der Waals surface area contributed by atoms with Gasteiger partial charge in [0.05, 0.1) is 23.9 Å². The first-order valence-electron chi connectivity index (χ1n) is 21.6. The smallest absolute Gasteiger partial charge is 0.324 e. The number of nitrogens with two attached hydrogens (primary N) is 1. The van der Waals surface area contributed by atoms with Gasteiger partial charge in [-0.3, -0.25) is 38.6 Å². The molecule has 4 N–H and O–H groups in total. The van der Waals surface area contributed by atoms with Crippen molar-refractivity contribution in [2.75, 3.05) is 86.0 Å². The van der Waals surface area contributed by atoms with E-state index < -0.39 is 53.4 Å². The highest BCUT2D eigenvalue weighted by molar-refractivity contribution is 6.23. The number of nitrogens with one attached hydrogen (secondary N) is 2. The first kappa shape index (κ1) is 43.4. The minimum Gasteiger partial charge on any atom is -0.468 e. The van der Waals surface area contributed by atoms with Crippen LogP contribution in [0.15, 0.2) is 36.4 Å². The lowest BCUT2D eigenvalue weighted by Gasteiger charge is -2.37. The maximum atomic E-state index is 15.7. The van der Waals surface area contributed by atoms with Crippen LogP contribution in [0.4, 0.5) is 33.2 Å². The van der Waals surface area contributed by atoms with Crippen LogP contribution in [-0.4, -0.2) is 144 Å². The second kappa shape index (κ2) is 18.2. The second-order valence-electron chi connectivity index (χ2n) is 17.1. The van der Waals surface area contributed by atoms with E-state index in [1.54, 1.807) is 38.1 Å². The van der Waals surface area contributed by atoms with Crippen LogP contribution in [0.3, 0.4) is 0 Å². The number of ether oxygens (including phenoxy) is 1. The largest absolute Gasteiger partial charge is 0.468 e. The molecule has 4 saturated heterocycles. The fourth-order valence-corrected chi connectivity index (χ4v) is 9.14. The van der Waals surface area contributed by atoms with Crippen LogP contribution in [0.5, 0.6) is 0 Å². The van der Waals surface area contributed by atoms with E-state index in [1.165, 1.54) is 13.2 Å². The van der Waals surface area contributed by atoms with Crippen molar-refractivity contribution in [3.63, 3.8) is 0 Å². The summed E-state index contributed by atoms with van der Waals surface area (Å²) in [6.45, 7) is 10.1. The lowest BCUT2D eigenvalue weighted by atomic mass is 10.0. The van der Waals surface area contributed by atoms with Crippen molar-refractivity contribution >= 4 is 64.3 Å². The number of esters is 1. The van der Waals surface area contributed by atoms with Gasteiger partial charge in [-0.25, -0.2) is 14.8 Å². The third-order valence-electron chi connectivity index (χ3n) is 12.6. The van der Waals surface area contributed by atoms with E-state index >= 15 is 4.39 Å². The molecule has 5 amide bonds. The van der Waals surface area contributed by atoms with E-state index in [9.17, 15) is 28.8 Å². The Morgan fingerprint density at radius 3 is 2.32 bits per heavy atom. The summed E-state index contributed by atoms with van der Waals surface area (Å²) in [5.74, 6) is -3.87. The molecule has 6 heterocycles. The highest BCUT2D eigenvalue weighted by atomic mass is 19.1. The van der Waals surface area contributed by atoms with Gasteiger partial charge >= 0.3 is 5.97 Å². The normalized spacial score (nSPS) is 21.4. The number of rotatable bonds is 13. The number of fused-ring (bicyclic) bond motifs is 1. The van der Waals surface area contributed by atoms with Gasteiger partial charge in [-0.05, 0) is 80.3 Å². The first-order chi connectivity index (χ1) is 30.3. The van der Waals surface area contributed by atoms with Crippen LogP contribution in [0.1, 0.15) is 83.6 Å². The van der Waals surface area contributed by atoms with Gasteiger partial charge in [0.25, 0.3) is 23.6 Å². The van der Waals surface area contributed by atoms with Gasteiger partial charge in [0.2, 0.25) is 11.9 Å². The van der Waals surface area contributed by atoms with Crippen LogP contribution >= 0.6 is 0 Å². The molecular weight excluding hydrogens is 816 g/mol.